The van der Waals surface area contributed by atoms with Crippen LogP contribution in [0.4, 0.5) is 0 Å². The Kier molecular flexibility index (Phi) is 5.64. The Balaban J connectivity index is 1.39. The Morgan fingerprint density at radius 2 is 1.82 bits per heavy atom. The van der Waals surface area contributed by atoms with Gasteiger partial charge in [0.1, 0.15) is 6.04 Å². The lowest BCUT2D eigenvalue weighted by Gasteiger charge is -2.31. The molecule has 1 aromatic rings. The molecule has 2 amide bonds. The summed E-state index contributed by atoms with van der Waals surface area (Å²) in [4.78, 5) is 29.7. The van der Waals surface area contributed by atoms with Crippen molar-refractivity contribution in [3.8, 4) is 0 Å². The lowest BCUT2D eigenvalue weighted by atomic mass is 9.82. The smallest absolute Gasteiger partial charge is 0.245 e. The van der Waals surface area contributed by atoms with E-state index < -0.39 is 0 Å². The van der Waals surface area contributed by atoms with Crippen LogP contribution >= 0.6 is 0 Å². The van der Waals surface area contributed by atoms with E-state index >= 15 is 0 Å². The van der Waals surface area contributed by atoms with Crippen LogP contribution in [0, 0.1) is 5.92 Å². The molecule has 2 heterocycles. The second-order valence-electron chi connectivity index (χ2n) is 8.33. The quantitative estimate of drug-likeness (QED) is 0.493. The number of aryl methyl sites for hydroxylation is 1. The molecule has 3 aliphatic rings. The van der Waals surface area contributed by atoms with Crippen molar-refractivity contribution in [2.45, 2.75) is 63.5 Å². The van der Waals surface area contributed by atoms with E-state index in [0.29, 0.717) is 25.4 Å². The third kappa shape index (κ3) is 3.77. The summed E-state index contributed by atoms with van der Waals surface area (Å²) in [6, 6.07) is 8.01. The second kappa shape index (κ2) is 8.33. The van der Waals surface area contributed by atoms with Crippen molar-refractivity contribution in [3.63, 3.8) is 0 Å². The number of carbonyl (C=O) groups is 2. The van der Waals surface area contributed by atoms with Crippen LogP contribution < -0.4 is 0 Å². The molecule has 150 valence electrons. The number of nitrogens with zero attached hydrogens (tertiary/aromatic N) is 3. The highest BCUT2D eigenvalue weighted by Crippen LogP contribution is 2.30. The van der Waals surface area contributed by atoms with Gasteiger partial charge in [0.25, 0.3) is 0 Å². The van der Waals surface area contributed by atoms with Gasteiger partial charge in [-0.15, -0.1) is 0 Å². The van der Waals surface area contributed by atoms with E-state index in [1.165, 1.54) is 17.3 Å². The number of benzene rings is 1. The molecule has 2 aliphatic heterocycles. The average molecular weight is 383 g/mol. The lowest BCUT2D eigenvalue weighted by molar-refractivity contribution is -0.144. The van der Waals surface area contributed by atoms with Crippen LogP contribution in [0.1, 0.15) is 49.7 Å². The van der Waals surface area contributed by atoms with Crippen molar-refractivity contribution in [1.29, 1.82) is 0 Å². The molecule has 6 heteroatoms. The van der Waals surface area contributed by atoms with Crippen LogP contribution in [-0.2, 0) is 22.4 Å². The van der Waals surface area contributed by atoms with Gasteiger partial charge < -0.3 is 15.0 Å². The predicted octanol–water partition coefficient (Wildman–Crippen LogP) is 2.62. The lowest BCUT2D eigenvalue weighted by Crippen LogP contribution is -2.50. The van der Waals surface area contributed by atoms with Crippen molar-refractivity contribution < 1.29 is 14.8 Å². The zero-order valence-electron chi connectivity index (χ0n) is 16.3. The molecule has 1 aliphatic carbocycles. The van der Waals surface area contributed by atoms with Gasteiger partial charge in [-0.25, -0.2) is 0 Å². The van der Waals surface area contributed by atoms with Crippen molar-refractivity contribution >= 4 is 18.0 Å². The van der Waals surface area contributed by atoms with E-state index in [-0.39, 0.29) is 23.9 Å². The largest absolute Gasteiger partial charge is 0.411 e. The first-order chi connectivity index (χ1) is 13.7. The molecule has 1 unspecified atom stereocenters. The summed E-state index contributed by atoms with van der Waals surface area (Å²) in [5.74, 6) is 0.494. The van der Waals surface area contributed by atoms with E-state index in [1.54, 1.807) is 4.90 Å². The van der Waals surface area contributed by atoms with Crippen molar-refractivity contribution in [2.24, 2.45) is 11.1 Å². The van der Waals surface area contributed by atoms with E-state index in [0.717, 1.165) is 44.9 Å². The summed E-state index contributed by atoms with van der Waals surface area (Å²) < 4.78 is 0. The third-order valence-corrected chi connectivity index (χ3v) is 6.59. The maximum absolute atomic E-state index is 13.1. The number of hydrogen-bond donors (Lipinski definition) is 1. The fourth-order valence-electron chi connectivity index (χ4n) is 5.12. The van der Waals surface area contributed by atoms with Gasteiger partial charge in [0.2, 0.25) is 11.8 Å². The monoisotopic (exact) mass is 383 g/mol. The minimum Gasteiger partial charge on any atom is -0.411 e. The molecule has 6 nitrogen and oxygen atoms in total. The number of fused-ring (bicyclic) bond motifs is 1. The highest BCUT2D eigenvalue weighted by atomic mass is 16.4. The Labute approximate surface area is 166 Å². The van der Waals surface area contributed by atoms with Gasteiger partial charge in [-0.1, -0.05) is 29.4 Å². The van der Waals surface area contributed by atoms with E-state index in [9.17, 15) is 9.59 Å². The van der Waals surface area contributed by atoms with Gasteiger partial charge in [0.05, 0.1) is 12.3 Å². The summed E-state index contributed by atoms with van der Waals surface area (Å²) in [6.45, 7) is 1.35. The Bertz CT molecular complexity index is 763. The zero-order valence-corrected chi connectivity index (χ0v) is 16.3. The summed E-state index contributed by atoms with van der Waals surface area (Å²) in [5, 5.41) is 12.0. The predicted molar refractivity (Wildman–Crippen MR) is 106 cm³/mol. The summed E-state index contributed by atoms with van der Waals surface area (Å²) in [5.41, 5.74) is 2.77. The van der Waals surface area contributed by atoms with Crippen molar-refractivity contribution in [1.82, 2.24) is 9.80 Å². The zero-order chi connectivity index (χ0) is 19.5. The minimum absolute atomic E-state index is 0.0160. The van der Waals surface area contributed by atoms with Crippen LogP contribution in [-0.4, -0.2) is 58.2 Å². The molecule has 28 heavy (non-hydrogen) atoms. The Morgan fingerprint density at radius 1 is 1.07 bits per heavy atom. The molecular formula is C22H29N3O3. The van der Waals surface area contributed by atoms with Crippen LogP contribution in [0.5, 0.6) is 0 Å². The topological polar surface area (TPSA) is 73.2 Å². The highest BCUT2D eigenvalue weighted by molar-refractivity contribution is 5.90. The highest BCUT2D eigenvalue weighted by Gasteiger charge is 2.40. The van der Waals surface area contributed by atoms with Gasteiger partial charge >= 0.3 is 0 Å². The first kappa shape index (κ1) is 19.0. The van der Waals surface area contributed by atoms with Crippen LogP contribution in [0.3, 0.4) is 0 Å². The van der Waals surface area contributed by atoms with Gasteiger partial charge in [-0.05, 0) is 62.0 Å². The molecule has 0 saturated carbocycles. The number of carbonyl (C=O) groups excluding carboxylic acids is 2. The van der Waals surface area contributed by atoms with Gasteiger partial charge in [0.15, 0.2) is 0 Å². The Hall–Kier alpha value is -2.37. The molecule has 3 atom stereocenters. The maximum Gasteiger partial charge on any atom is 0.245 e. The molecule has 4 rings (SSSR count). The average Bonchev–Trinajstić information content (AvgIpc) is 3.37. The Morgan fingerprint density at radius 3 is 2.64 bits per heavy atom. The molecule has 0 bridgehead atoms. The summed E-state index contributed by atoms with van der Waals surface area (Å²) >= 11 is 0. The van der Waals surface area contributed by atoms with Crippen LogP contribution in [0.25, 0.3) is 0 Å². The fraction of sp³-hybridized carbons (Fsp3) is 0.591. The molecule has 2 fully saturated rings. The molecule has 2 saturated heterocycles. The van der Waals surface area contributed by atoms with E-state index in [1.807, 2.05) is 4.90 Å². The third-order valence-electron chi connectivity index (χ3n) is 6.59. The van der Waals surface area contributed by atoms with Gasteiger partial charge in [-0.3, -0.25) is 9.59 Å². The fourth-order valence-corrected chi connectivity index (χ4v) is 5.12. The SMILES string of the molecule is O=C([C@H]1CCCN1C(=O)CC1CCc2ccccc2C1)N1CCC[C@H]1C=NO. The van der Waals surface area contributed by atoms with Crippen molar-refractivity contribution in [3.05, 3.63) is 35.4 Å². The summed E-state index contributed by atoms with van der Waals surface area (Å²) in [7, 11) is 0. The first-order valence-corrected chi connectivity index (χ1v) is 10.5. The maximum atomic E-state index is 13.1. The number of rotatable bonds is 4. The molecule has 0 radical (unpaired) electrons. The molecule has 1 N–H and O–H groups in total. The van der Waals surface area contributed by atoms with E-state index in [4.69, 9.17) is 5.21 Å². The van der Waals surface area contributed by atoms with Crippen LogP contribution in [0.15, 0.2) is 29.4 Å². The van der Waals surface area contributed by atoms with Gasteiger partial charge in [-0.2, -0.15) is 0 Å². The second-order valence-corrected chi connectivity index (χ2v) is 8.33. The number of oxime groups is 1. The van der Waals surface area contributed by atoms with Gasteiger partial charge in [0, 0.05) is 19.5 Å². The van der Waals surface area contributed by atoms with Crippen LogP contribution in [0.2, 0.25) is 0 Å². The number of amides is 2. The molecule has 1 aromatic carbocycles. The normalized spacial score (nSPS) is 27.4. The number of hydrogen-bond acceptors (Lipinski definition) is 4. The molecule has 0 spiro atoms. The molecule has 0 aromatic heterocycles. The van der Waals surface area contributed by atoms with Crippen molar-refractivity contribution in [2.75, 3.05) is 13.1 Å². The molecular weight excluding hydrogens is 354 g/mol. The minimum atomic E-state index is -0.351. The first-order valence-electron chi connectivity index (χ1n) is 10.5. The summed E-state index contributed by atoms with van der Waals surface area (Å²) in [6.07, 6.45) is 8.33. The number of likely N-dealkylation sites (tertiary alicyclic amines) is 2. The standard InChI is InChI=1S/C22H29N3O3/c26-21(14-16-9-10-17-5-1-2-6-18(17)13-16)25-12-4-8-20(25)22(27)24-11-3-7-19(24)15-23-28/h1-2,5-6,15-16,19-20,28H,3-4,7-14H2/t16?,19-,20+/m0/s1. The van der Waals surface area contributed by atoms with E-state index in [2.05, 4.69) is 29.4 Å².